The van der Waals surface area contributed by atoms with Gasteiger partial charge in [0.25, 0.3) is 5.91 Å². The van der Waals surface area contributed by atoms with Gasteiger partial charge in [0, 0.05) is 23.2 Å². The van der Waals surface area contributed by atoms with E-state index in [-0.39, 0.29) is 18.8 Å². The molecule has 0 fully saturated rings. The number of hydrogen-bond acceptors (Lipinski definition) is 4. The van der Waals surface area contributed by atoms with Crippen molar-refractivity contribution in [1.82, 2.24) is 0 Å². The molecule has 0 atom stereocenters. The summed E-state index contributed by atoms with van der Waals surface area (Å²) in [5.74, 6) is 1.85. The number of benzene rings is 3. The Hall–Kier alpha value is -4.17. The van der Waals surface area contributed by atoms with Gasteiger partial charge < -0.3 is 10.1 Å². The van der Waals surface area contributed by atoms with Gasteiger partial charge in [-0.2, -0.15) is 0 Å². The zero-order valence-electron chi connectivity index (χ0n) is 17.5. The second-order valence-corrected chi connectivity index (χ2v) is 7.14. The van der Waals surface area contributed by atoms with Crippen molar-refractivity contribution in [2.24, 2.45) is 0 Å². The first kappa shape index (κ1) is 22.5. The van der Waals surface area contributed by atoms with Crippen molar-refractivity contribution in [3.05, 3.63) is 95.6 Å². The maximum Gasteiger partial charge on any atom is 0.291 e. The summed E-state index contributed by atoms with van der Waals surface area (Å²) in [6.07, 6.45) is 6.53. The summed E-state index contributed by atoms with van der Waals surface area (Å²) in [5.41, 5.74) is 2.62. The lowest BCUT2D eigenvalue weighted by Gasteiger charge is -2.07. The molecule has 3 aromatic rings. The molecule has 0 aliphatic heterocycles. The lowest BCUT2D eigenvalue weighted by Crippen LogP contribution is -2.22. The van der Waals surface area contributed by atoms with E-state index in [0.29, 0.717) is 35.4 Å². The highest BCUT2D eigenvalue weighted by Gasteiger charge is 2.14. The zero-order chi connectivity index (χ0) is 22.8. The van der Waals surface area contributed by atoms with Crippen LogP contribution in [0.4, 0.5) is 5.69 Å². The Kier molecular flexibility index (Phi) is 7.94. The minimum atomic E-state index is -0.662. The lowest BCUT2D eigenvalue weighted by molar-refractivity contribution is -0.134. The van der Waals surface area contributed by atoms with Crippen LogP contribution in [0.5, 0.6) is 5.75 Å². The fraction of sp³-hybridized carbons (Fsp3) is 0.148. The van der Waals surface area contributed by atoms with E-state index in [9.17, 15) is 14.4 Å². The summed E-state index contributed by atoms with van der Waals surface area (Å²) in [6, 6.07) is 22.9. The van der Waals surface area contributed by atoms with Crippen LogP contribution in [0.2, 0.25) is 0 Å². The second-order valence-electron chi connectivity index (χ2n) is 7.14. The van der Waals surface area contributed by atoms with Gasteiger partial charge in [-0.25, -0.2) is 0 Å². The lowest BCUT2D eigenvalue weighted by atomic mass is 10.0. The number of carbonyl (C=O) groups is 3. The van der Waals surface area contributed by atoms with Crippen LogP contribution >= 0.6 is 0 Å². The monoisotopic (exact) mass is 425 g/mol. The third-order valence-corrected chi connectivity index (χ3v) is 4.81. The van der Waals surface area contributed by atoms with E-state index in [2.05, 4.69) is 11.2 Å². The van der Waals surface area contributed by atoms with Gasteiger partial charge in [0.2, 0.25) is 5.78 Å². The summed E-state index contributed by atoms with van der Waals surface area (Å²) in [4.78, 5) is 36.8. The summed E-state index contributed by atoms with van der Waals surface area (Å²) in [5, 5.41) is 2.59. The number of carbonyl (C=O) groups excluding carboxylic acids is 3. The Balaban J connectivity index is 1.45. The fourth-order valence-corrected chi connectivity index (χ4v) is 3.11. The summed E-state index contributed by atoms with van der Waals surface area (Å²) in [7, 11) is 0. The number of aryl methyl sites for hydroxylation is 1. The van der Waals surface area contributed by atoms with Crippen molar-refractivity contribution in [3.63, 3.8) is 0 Å². The van der Waals surface area contributed by atoms with Crippen LogP contribution in [0, 0.1) is 12.3 Å². The molecule has 1 N–H and O–H groups in total. The number of anilines is 1. The van der Waals surface area contributed by atoms with Crippen LogP contribution in [0.3, 0.4) is 0 Å². The van der Waals surface area contributed by atoms with Crippen molar-refractivity contribution in [1.29, 1.82) is 0 Å². The topological polar surface area (TPSA) is 72.5 Å². The van der Waals surface area contributed by atoms with Crippen LogP contribution in [-0.2, 0) is 16.0 Å². The Morgan fingerprint density at radius 3 is 2.16 bits per heavy atom. The third kappa shape index (κ3) is 6.41. The van der Waals surface area contributed by atoms with Crippen molar-refractivity contribution >= 4 is 23.2 Å². The van der Waals surface area contributed by atoms with Crippen LogP contribution < -0.4 is 10.1 Å². The predicted octanol–water partition coefficient (Wildman–Crippen LogP) is 4.46. The molecular weight excluding hydrogens is 402 g/mol. The molecule has 3 rings (SSSR count). The van der Waals surface area contributed by atoms with Crippen molar-refractivity contribution in [2.75, 3.05) is 11.9 Å². The van der Waals surface area contributed by atoms with E-state index >= 15 is 0 Å². The van der Waals surface area contributed by atoms with E-state index in [0.717, 1.165) is 5.56 Å². The average Bonchev–Trinajstić information content (AvgIpc) is 2.84. The van der Waals surface area contributed by atoms with E-state index < -0.39 is 11.7 Å². The first-order chi connectivity index (χ1) is 15.6. The molecule has 0 heterocycles. The van der Waals surface area contributed by atoms with Crippen molar-refractivity contribution < 1.29 is 19.1 Å². The van der Waals surface area contributed by atoms with Crippen molar-refractivity contribution in [3.8, 4) is 18.1 Å². The van der Waals surface area contributed by atoms with E-state index in [1.165, 1.54) is 0 Å². The third-order valence-electron chi connectivity index (χ3n) is 4.81. The van der Waals surface area contributed by atoms with Crippen LogP contribution in [-0.4, -0.2) is 24.1 Å². The predicted molar refractivity (Wildman–Crippen MR) is 124 cm³/mol. The minimum absolute atomic E-state index is 0.102. The van der Waals surface area contributed by atoms with E-state index in [1.54, 1.807) is 48.5 Å². The second kappa shape index (κ2) is 11.3. The van der Waals surface area contributed by atoms with Gasteiger partial charge in [0.15, 0.2) is 5.78 Å². The highest BCUT2D eigenvalue weighted by Crippen LogP contribution is 2.16. The molecule has 3 aromatic carbocycles. The number of hydrogen-bond donors (Lipinski definition) is 1. The molecule has 0 aliphatic carbocycles. The number of Topliss-reactive ketones (excluding diaryl/α,β-unsaturated/α-hetero) is 1. The number of nitrogens with one attached hydrogen (secondary N) is 1. The molecule has 5 heteroatoms. The van der Waals surface area contributed by atoms with Crippen LogP contribution in [0.25, 0.3) is 0 Å². The van der Waals surface area contributed by atoms with Gasteiger partial charge in [-0.05, 0) is 54.8 Å². The SMILES string of the molecule is C#CCOc1ccc(CCCC(=O)C(=O)Nc2ccc(C(=O)c3ccccc3)cc2)cc1. The zero-order valence-corrected chi connectivity index (χ0v) is 17.5. The molecule has 160 valence electrons. The fourth-order valence-electron chi connectivity index (χ4n) is 3.11. The molecule has 5 nitrogen and oxygen atoms in total. The Labute approximate surface area is 187 Å². The molecule has 1 amide bonds. The summed E-state index contributed by atoms with van der Waals surface area (Å²) >= 11 is 0. The van der Waals surface area contributed by atoms with Crippen LogP contribution in [0.15, 0.2) is 78.9 Å². The van der Waals surface area contributed by atoms with Gasteiger partial charge in [0.05, 0.1) is 0 Å². The Bertz CT molecular complexity index is 1110. The highest BCUT2D eigenvalue weighted by molar-refractivity contribution is 6.40. The summed E-state index contributed by atoms with van der Waals surface area (Å²) in [6.45, 7) is 0.217. The smallest absolute Gasteiger partial charge is 0.291 e. The van der Waals surface area contributed by atoms with Gasteiger partial charge in [-0.1, -0.05) is 48.4 Å². The molecule has 0 aromatic heterocycles. The van der Waals surface area contributed by atoms with Gasteiger partial charge in [-0.3, -0.25) is 14.4 Å². The summed E-state index contributed by atoms with van der Waals surface area (Å²) < 4.78 is 5.32. The normalized spacial score (nSPS) is 10.1. The van der Waals surface area contributed by atoms with E-state index in [4.69, 9.17) is 11.2 Å². The Morgan fingerprint density at radius 1 is 0.844 bits per heavy atom. The van der Waals surface area contributed by atoms with Crippen LogP contribution in [0.1, 0.15) is 34.3 Å². The molecule has 0 bridgehead atoms. The molecule has 0 aliphatic rings. The van der Waals surface area contributed by atoms with Gasteiger partial charge >= 0.3 is 0 Å². The number of rotatable bonds is 10. The molecule has 0 saturated carbocycles. The van der Waals surface area contributed by atoms with Gasteiger partial charge in [0.1, 0.15) is 12.4 Å². The Morgan fingerprint density at radius 2 is 1.50 bits per heavy atom. The average molecular weight is 425 g/mol. The minimum Gasteiger partial charge on any atom is -0.481 e. The number of terminal acetylenes is 1. The quantitative estimate of drug-likeness (QED) is 0.296. The molecule has 0 unspecified atom stereocenters. The van der Waals surface area contributed by atoms with Gasteiger partial charge in [-0.15, -0.1) is 6.42 Å². The number of ketones is 2. The first-order valence-electron chi connectivity index (χ1n) is 10.3. The molecule has 0 saturated heterocycles. The van der Waals surface area contributed by atoms with Crippen molar-refractivity contribution in [2.45, 2.75) is 19.3 Å². The first-order valence-corrected chi connectivity index (χ1v) is 10.3. The maximum atomic E-state index is 12.4. The molecular formula is C27H23NO4. The largest absolute Gasteiger partial charge is 0.481 e. The number of ether oxygens (including phenoxy) is 1. The standard InChI is InChI=1S/C27H23NO4/c1-2-19-32-24-17-11-20(12-18-24)7-6-10-25(29)27(31)28-23-15-13-22(14-16-23)26(30)21-8-4-3-5-9-21/h1,3-5,8-9,11-18H,6-7,10,19H2,(H,28,31). The molecule has 0 radical (unpaired) electrons. The number of amides is 1. The molecule has 0 spiro atoms. The maximum absolute atomic E-state index is 12.4. The molecule has 32 heavy (non-hydrogen) atoms. The highest BCUT2D eigenvalue weighted by atomic mass is 16.5. The van der Waals surface area contributed by atoms with E-state index in [1.807, 2.05) is 30.3 Å².